The molecular weight excluding hydrogens is 360 g/mol. The molecule has 4 N–H and O–H groups in total. The molecule has 0 unspecified atom stereocenters. The molecule has 158 valence electrons. The van der Waals surface area contributed by atoms with E-state index in [-0.39, 0.29) is 6.42 Å². The predicted molar refractivity (Wildman–Crippen MR) is 109 cm³/mol. The first kappa shape index (κ1) is 24.3. The van der Waals surface area contributed by atoms with Gasteiger partial charge in [0.15, 0.2) is 0 Å². The smallest absolute Gasteiger partial charge is 0.303 e. The Kier molecular flexibility index (Phi) is 12.4. The van der Waals surface area contributed by atoms with Crippen molar-refractivity contribution in [1.29, 1.82) is 0 Å². The van der Waals surface area contributed by atoms with Crippen molar-refractivity contribution in [3.63, 3.8) is 0 Å². The number of carboxylic acid groups (broad SMARTS) is 1. The molecule has 1 fully saturated rings. The standard InChI is InChI=1S/C22H34O6/c1-2-3-4-5-6-8-11-17(23)14-15-18(24)21-16-19(25)20(28-21)12-9-7-10-13-22(26)27/h3-4,6-9,14-15,17-21,23-25H,2,5,10-13,16H2,1H3,(H,26,27)/b4-3-,8-6-,9-7-,15-14+/t17-,18+,19+,20-,21+/m1/s1. The average Bonchev–Trinajstić information content (AvgIpc) is 3.03. The van der Waals surface area contributed by atoms with E-state index in [1.807, 2.05) is 12.2 Å². The SMILES string of the molecule is CC/C=C\C/C=C\C[C@@H](O)/C=C/[C@H](O)[C@@H]1C[C@H](O)[C@@H](C/C=C\CCC(=O)O)O1. The van der Waals surface area contributed by atoms with Gasteiger partial charge in [0.25, 0.3) is 0 Å². The van der Waals surface area contributed by atoms with Gasteiger partial charge in [-0.3, -0.25) is 4.79 Å². The second-order valence-electron chi connectivity index (χ2n) is 6.92. The second kappa shape index (κ2) is 14.3. The van der Waals surface area contributed by atoms with Crippen molar-refractivity contribution < 1.29 is 30.0 Å². The normalized spacial score (nSPS) is 25.5. The largest absolute Gasteiger partial charge is 0.481 e. The lowest BCUT2D eigenvalue weighted by Gasteiger charge is -2.16. The molecule has 1 heterocycles. The van der Waals surface area contributed by atoms with Crippen LogP contribution in [0.5, 0.6) is 0 Å². The van der Waals surface area contributed by atoms with Crippen LogP contribution in [0.2, 0.25) is 0 Å². The molecule has 0 aromatic rings. The zero-order valence-electron chi connectivity index (χ0n) is 16.6. The number of hydrogen-bond donors (Lipinski definition) is 4. The number of rotatable bonds is 13. The van der Waals surface area contributed by atoms with E-state index in [1.165, 1.54) is 6.08 Å². The number of aliphatic hydroxyl groups excluding tert-OH is 3. The van der Waals surface area contributed by atoms with Crippen LogP contribution in [0.4, 0.5) is 0 Å². The van der Waals surface area contributed by atoms with Crippen molar-refractivity contribution >= 4 is 5.97 Å². The molecule has 0 aliphatic carbocycles. The van der Waals surface area contributed by atoms with Crippen LogP contribution in [0.3, 0.4) is 0 Å². The molecule has 5 atom stereocenters. The molecule has 0 spiro atoms. The Labute approximate surface area is 167 Å². The first-order valence-corrected chi connectivity index (χ1v) is 9.98. The lowest BCUT2D eigenvalue weighted by Crippen LogP contribution is -2.24. The highest BCUT2D eigenvalue weighted by molar-refractivity contribution is 5.66. The fraction of sp³-hybridized carbons (Fsp3) is 0.591. The van der Waals surface area contributed by atoms with E-state index in [1.54, 1.807) is 18.2 Å². The monoisotopic (exact) mass is 394 g/mol. The van der Waals surface area contributed by atoms with Gasteiger partial charge in [0.05, 0.1) is 30.5 Å². The molecule has 0 amide bonds. The van der Waals surface area contributed by atoms with Gasteiger partial charge < -0.3 is 25.2 Å². The fourth-order valence-electron chi connectivity index (χ4n) is 2.87. The van der Waals surface area contributed by atoms with E-state index in [0.29, 0.717) is 25.7 Å². The summed E-state index contributed by atoms with van der Waals surface area (Å²) in [6.45, 7) is 2.08. The van der Waals surface area contributed by atoms with Crippen LogP contribution in [-0.2, 0) is 9.53 Å². The summed E-state index contributed by atoms with van der Waals surface area (Å²) in [4.78, 5) is 10.5. The molecule has 0 bridgehead atoms. The third kappa shape index (κ3) is 10.6. The van der Waals surface area contributed by atoms with Gasteiger partial charge in [0, 0.05) is 12.8 Å². The molecule has 0 radical (unpaired) electrons. The van der Waals surface area contributed by atoms with Crippen LogP contribution in [0.25, 0.3) is 0 Å². The summed E-state index contributed by atoms with van der Waals surface area (Å²) in [5.74, 6) is -0.845. The molecule has 1 aliphatic rings. The van der Waals surface area contributed by atoms with Gasteiger partial charge >= 0.3 is 5.97 Å². The fourth-order valence-corrected chi connectivity index (χ4v) is 2.87. The molecule has 0 aromatic carbocycles. The van der Waals surface area contributed by atoms with E-state index < -0.39 is 36.5 Å². The Bertz CT molecular complexity index is 551. The van der Waals surface area contributed by atoms with Crippen LogP contribution in [0.15, 0.2) is 48.6 Å². The van der Waals surface area contributed by atoms with Crippen molar-refractivity contribution in [3.05, 3.63) is 48.6 Å². The van der Waals surface area contributed by atoms with Crippen molar-refractivity contribution in [2.45, 2.75) is 82.4 Å². The van der Waals surface area contributed by atoms with Crippen LogP contribution < -0.4 is 0 Å². The average molecular weight is 395 g/mol. The number of carbonyl (C=O) groups is 1. The van der Waals surface area contributed by atoms with E-state index in [0.717, 1.165) is 12.8 Å². The minimum atomic E-state index is -0.901. The molecule has 0 saturated carbocycles. The highest BCUT2D eigenvalue weighted by Gasteiger charge is 2.36. The number of allylic oxidation sites excluding steroid dienone is 4. The third-order valence-electron chi connectivity index (χ3n) is 4.44. The van der Waals surface area contributed by atoms with Crippen molar-refractivity contribution in [2.75, 3.05) is 0 Å². The Morgan fingerprint density at radius 1 is 1.11 bits per heavy atom. The highest BCUT2D eigenvalue weighted by atomic mass is 16.5. The molecule has 1 aliphatic heterocycles. The topological polar surface area (TPSA) is 107 Å². The first-order valence-electron chi connectivity index (χ1n) is 9.98. The molecule has 1 rings (SSSR count). The Balaban J connectivity index is 2.33. The van der Waals surface area contributed by atoms with Crippen molar-refractivity contribution in [1.82, 2.24) is 0 Å². The van der Waals surface area contributed by atoms with Crippen molar-refractivity contribution in [3.8, 4) is 0 Å². The lowest BCUT2D eigenvalue weighted by atomic mass is 10.0. The highest BCUT2D eigenvalue weighted by Crippen LogP contribution is 2.26. The van der Waals surface area contributed by atoms with Gasteiger partial charge in [-0.25, -0.2) is 0 Å². The Morgan fingerprint density at radius 3 is 2.57 bits per heavy atom. The first-order chi connectivity index (χ1) is 13.4. The van der Waals surface area contributed by atoms with Crippen LogP contribution in [0.1, 0.15) is 51.9 Å². The summed E-state index contributed by atoms with van der Waals surface area (Å²) >= 11 is 0. The Morgan fingerprint density at radius 2 is 1.86 bits per heavy atom. The molecule has 0 aromatic heterocycles. The van der Waals surface area contributed by atoms with Crippen LogP contribution >= 0.6 is 0 Å². The molecule has 28 heavy (non-hydrogen) atoms. The number of aliphatic hydroxyl groups is 3. The minimum Gasteiger partial charge on any atom is -0.481 e. The molecule has 1 saturated heterocycles. The summed E-state index contributed by atoms with van der Waals surface area (Å²) in [5, 5.41) is 38.8. The molecule has 6 nitrogen and oxygen atoms in total. The number of carboxylic acids is 1. The summed E-state index contributed by atoms with van der Waals surface area (Å²) in [5.41, 5.74) is 0. The van der Waals surface area contributed by atoms with E-state index in [9.17, 15) is 20.1 Å². The van der Waals surface area contributed by atoms with Gasteiger partial charge in [0.2, 0.25) is 0 Å². The number of aliphatic carboxylic acids is 1. The lowest BCUT2D eigenvalue weighted by molar-refractivity contribution is -0.136. The van der Waals surface area contributed by atoms with Crippen LogP contribution in [-0.4, -0.2) is 56.9 Å². The van der Waals surface area contributed by atoms with E-state index in [4.69, 9.17) is 9.84 Å². The molecule has 6 heteroatoms. The van der Waals surface area contributed by atoms with Gasteiger partial charge in [-0.05, 0) is 32.1 Å². The quantitative estimate of drug-likeness (QED) is 0.358. The van der Waals surface area contributed by atoms with Gasteiger partial charge in [0.1, 0.15) is 0 Å². The maximum Gasteiger partial charge on any atom is 0.303 e. The van der Waals surface area contributed by atoms with Crippen molar-refractivity contribution in [2.24, 2.45) is 0 Å². The predicted octanol–water partition coefficient (Wildman–Crippen LogP) is 2.90. The maximum atomic E-state index is 10.5. The molecular formula is C22H34O6. The van der Waals surface area contributed by atoms with E-state index in [2.05, 4.69) is 19.1 Å². The number of ether oxygens (including phenoxy) is 1. The van der Waals surface area contributed by atoms with Gasteiger partial charge in [-0.1, -0.05) is 55.5 Å². The zero-order valence-corrected chi connectivity index (χ0v) is 16.6. The summed E-state index contributed by atoms with van der Waals surface area (Å²) in [6.07, 6.45) is 15.1. The summed E-state index contributed by atoms with van der Waals surface area (Å²) in [6, 6.07) is 0. The minimum absolute atomic E-state index is 0.0731. The summed E-state index contributed by atoms with van der Waals surface area (Å²) < 4.78 is 5.71. The van der Waals surface area contributed by atoms with Gasteiger partial charge in [-0.15, -0.1) is 0 Å². The maximum absolute atomic E-state index is 10.5. The van der Waals surface area contributed by atoms with Crippen LogP contribution in [0, 0.1) is 0 Å². The summed E-state index contributed by atoms with van der Waals surface area (Å²) in [7, 11) is 0. The van der Waals surface area contributed by atoms with E-state index >= 15 is 0 Å². The zero-order chi connectivity index (χ0) is 20.8. The third-order valence-corrected chi connectivity index (χ3v) is 4.44. The van der Waals surface area contributed by atoms with Gasteiger partial charge in [-0.2, -0.15) is 0 Å². The second-order valence-corrected chi connectivity index (χ2v) is 6.92. The number of hydrogen-bond acceptors (Lipinski definition) is 5. The Hall–Kier alpha value is -1.73.